The number of rotatable bonds is 8. The van der Waals surface area contributed by atoms with Crippen LogP contribution in [-0.2, 0) is 4.74 Å². The third-order valence-corrected chi connectivity index (χ3v) is 7.59. The van der Waals surface area contributed by atoms with E-state index in [2.05, 4.69) is 25.8 Å². The van der Waals surface area contributed by atoms with Crippen LogP contribution in [0.1, 0.15) is 44.1 Å². The Balaban J connectivity index is 1.42. The van der Waals surface area contributed by atoms with Crippen LogP contribution in [0.25, 0.3) is 10.6 Å². The summed E-state index contributed by atoms with van der Waals surface area (Å²) in [5.41, 5.74) is 0.0442. The molecule has 230 valence electrons. The molecule has 0 unspecified atom stereocenters. The first-order chi connectivity index (χ1) is 21.1. The van der Waals surface area contributed by atoms with Crippen LogP contribution in [0.4, 0.5) is 25.0 Å². The molecule has 1 aliphatic heterocycles. The summed E-state index contributed by atoms with van der Waals surface area (Å²) < 4.78 is 42.7. The molecule has 0 saturated carbocycles. The van der Waals surface area contributed by atoms with Crippen LogP contribution in [-0.4, -0.2) is 52.4 Å². The number of para-hydroxylation sites is 1. The molecule has 2 N–H and O–H groups in total. The Kier molecular flexibility index (Phi) is 9.33. The molecule has 3 heterocycles. The maximum atomic E-state index is 16.3. The van der Waals surface area contributed by atoms with Crippen molar-refractivity contribution in [1.82, 2.24) is 20.5 Å². The molecule has 2 aromatic carbocycles. The first kappa shape index (κ1) is 30.8. The van der Waals surface area contributed by atoms with Gasteiger partial charge < -0.3 is 25.0 Å². The highest BCUT2D eigenvalue weighted by molar-refractivity contribution is 7.13. The zero-order valence-corrected chi connectivity index (χ0v) is 25.3. The van der Waals surface area contributed by atoms with E-state index in [1.54, 1.807) is 67.4 Å². The maximum Gasteiger partial charge on any atom is 0.407 e. The number of carbonyl (C=O) groups excluding carboxylic acids is 2. The van der Waals surface area contributed by atoms with E-state index in [9.17, 15) is 9.59 Å². The number of carbonyl (C=O) groups is 2. The molecular weight excluding hydrogens is 590 g/mol. The van der Waals surface area contributed by atoms with E-state index in [1.807, 2.05) is 0 Å². The van der Waals surface area contributed by atoms with Gasteiger partial charge in [0.05, 0.1) is 18.1 Å². The van der Waals surface area contributed by atoms with Crippen LogP contribution in [0, 0.1) is 17.6 Å². The van der Waals surface area contributed by atoms with Crippen molar-refractivity contribution in [3.63, 3.8) is 0 Å². The fraction of sp³-hybridized carbons (Fsp3) is 0.323. The Bertz CT molecular complexity index is 1610. The minimum absolute atomic E-state index is 0.0126. The van der Waals surface area contributed by atoms with Crippen molar-refractivity contribution >= 4 is 34.7 Å². The predicted octanol–water partition coefficient (Wildman–Crippen LogP) is 6.66. The van der Waals surface area contributed by atoms with Crippen molar-refractivity contribution in [2.45, 2.75) is 39.2 Å². The summed E-state index contributed by atoms with van der Waals surface area (Å²) in [6.45, 7) is 6.41. The monoisotopic (exact) mass is 622 g/mol. The summed E-state index contributed by atoms with van der Waals surface area (Å²) in [6, 6.07) is 11.1. The molecular formula is C31H32F2N6O4S. The van der Waals surface area contributed by atoms with E-state index in [4.69, 9.17) is 9.47 Å². The van der Waals surface area contributed by atoms with Gasteiger partial charge in [0.25, 0.3) is 5.91 Å². The SMILES string of the molecule is CC(C)(C)OC(=O)NC[C@@H]1CCCN(c2c(NC(=O)c3csc(-c4ccnnc4)n3)cc(F)c(Oc3ccccc3)c2F)C1. The summed E-state index contributed by atoms with van der Waals surface area (Å²) >= 11 is 1.23. The number of halogens is 2. The largest absolute Gasteiger partial charge is 0.451 e. The van der Waals surface area contributed by atoms with Crippen molar-refractivity contribution < 1.29 is 27.8 Å². The number of hydrogen-bond donors (Lipinski definition) is 2. The number of thiazole rings is 1. The van der Waals surface area contributed by atoms with Crippen molar-refractivity contribution in [3.8, 4) is 22.1 Å². The number of piperidine rings is 1. The number of benzene rings is 2. The molecule has 0 spiro atoms. The molecule has 2 amide bonds. The number of ether oxygens (including phenoxy) is 2. The number of nitrogens with one attached hydrogen (secondary N) is 2. The Morgan fingerprint density at radius 1 is 1.14 bits per heavy atom. The van der Waals surface area contributed by atoms with Gasteiger partial charge in [0.2, 0.25) is 5.75 Å². The summed E-state index contributed by atoms with van der Waals surface area (Å²) in [5.74, 6) is -2.95. The molecule has 0 aliphatic carbocycles. The second kappa shape index (κ2) is 13.3. The van der Waals surface area contributed by atoms with Crippen molar-refractivity contribution in [1.29, 1.82) is 0 Å². The molecule has 4 aromatic rings. The van der Waals surface area contributed by atoms with Gasteiger partial charge in [-0.05, 0) is 57.7 Å². The van der Waals surface area contributed by atoms with Gasteiger partial charge in [-0.2, -0.15) is 10.2 Å². The molecule has 0 radical (unpaired) electrons. The lowest BCUT2D eigenvalue weighted by atomic mass is 9.97. The van der Waals surface area contributed by atoms with E-state index in [0.29, 0.717) is 36.6 Å². The molecule has 5 rings (SSSR count). The molecule has 44 heavy (non-hydrogen) atoms. The van der Waals surface area contributed by atoms with Crippen molar-refractivity contribution in [3.05, 3.63) is 77.6 Å². The maximum absolute atomic E-state index is 16.3. The first-order valence-electron chi connectivity index (χ1n) is 14.1. The zero-order valence-electron chi connectivity index (χ0n) is 24.5. The molecule has 1 aliphatic rings. The topological polar surface area (TPSA) is 119 Å². The first-order valence-corrected chi connectivity index (χ1v) is 15.0. The average Bonchev–Trinajstić information content (AvgIpc) is 3.49. The van der Waals surface area contributed by atoms with Gasteiger partial charge >= 0.3 is 6.09 Å². The standard InChI is InChI=1S/C31H32F2N6O4S/c1-31(2,3)43-30(41)34-15-19-8-7-13-39(17-19)26-23(14-22(32)27(25(26)33)42-21-9-5-4-6-10-21)37-28(40)24-18-44-29(38-24)20-11-12-35-36-16-20/h4-6,9-12,14,16,18-19H,7-8,13,15,17H2,1-3H3,(H,34,41)(H,37,40)/t19-/m0/s1. The molecule has 0 bridgehead atoms. The van der Waals surface area contributed by atoms with E-state index >= 15 is 8.78 Å². The lowest BCUT2D eigenvalue weighted by Crippen LogP contribution is -2.42. The number of aromatic nitrogens is 3. The third kappa shape index (κ3) is 7.64. The highest BCUT2D eigenvalue weighted by Crippen LogP contribution is 2.41. The van der Waals surface area contributed by atoms with E-state index in [-0.39, 0.29) is 28.7 Å². The van der Waals surface area contributed by atoms with E-state index < -0.39 is 35.0 Å². The van der Waals surface area contributed by atoms with Gasteiger partial charge in [-0.1, -0.05) is 18.2 Å². The summed E-state index contributed by atoms with van der Waals surface area (Å²) in [6.07, 6.45) is 3.95. The van der Waals surface area contributed by atoms with Gasteiger partial charge in [-0.25, -0.2) is 18.6 Å². The van der Waals surface area contributed by atoms with Crippen molar-refractivity contribution in [2.75, 3.05) is 29.9 Å². The lowest BCUT2D eigenvalue weighted by molar-refractivity contribution is 0.0517. The highest BCUT2D eigenvalue weighted by atomic mass is 32.1. The lowest BCUT2D eigenvalue weighted by Gasteiger charge is -2.36. The van der Waals surface area contributed by atoms with Crippen LogP contribution < -0.4 is 20.3 Å². The van der Waals surface area contributed by atoms with Gasteiger partial charge in [0.15, 0.2) is 11.6 Å². The minimum atomic E-state index is -0.979. The molecule has 13 heteroatoms. The van der Waals surface area contributed by atoms with Crippen LogP contribution >= 0.6 is 11.3 Å². The fourth-order valence-electron chi connectivity index (χ4n) is 4.79. The smallest absolute Gasteiger partial charge is 0.407 e. The number of nitrogens with zero attached hydrogens (tertiary/aromatic N) is 4. The molecule has 1 fully saturated rings. The van der Waals surface area contributed by atoms with Crippen LogP contribution in [0.5, 0.6) is 11.5 Å². The Labute approximate surface area is 257 Å². The molecule has 1 saturated heterocycles. The Morgan fingerprint density at radius 3 is 2.66 bits per heavy atom. The summed E-state index contributed by atoms with van der Waals surface area (Å²) in [7, 11) is 0. The number of amides is 2. The van der Waals surface area contributed by atoms with Crippen LogP contribution in [0.15, 0.2) is 60.2 Å². The normalized spacial score (nSPS) is 15.0. The second-order valence-corrected chi connectivity index (χ2v) is 12.1. The van der Waals surface area contributed by atoms with Gasteiger partial charge in [0.1, 0.15) is 27.7 Å². The molecule has 1 atom stereocenters. The average molecular weight is 623 g/mol. The Hall–Kier alpha value is -4.65. The van der Waals surface area contributed by atoms with Crippen molar-refractivity contribution in [2.24, 2.45) is 5.92 Å². The quantitative estimate of drug-likeness (QED) is 0.224. The molecule has 10 nitrogen and oxygen atoms in total. The number of alkyl carbamates (subject to hydrolysis) is 1. The number of anilines is 2. The van der Waals surface area contributed by atoms with Crippen LogP contribution in [0.2, 0.25) is 0 Å². The number of hydrogen-bond acceptors (Lipinski definition) is 9. The van der Waals surface area contributed by atoms with Gasteiger partial charge in [-0.3, -0.25) is 4.79 Å². The molecule has 2 aromatic heterocycles. The van der Waals surface area contributed by atoms with Gasteiger partial charge in [0, 0.05) is 36.6 Å². The zero-order chi connectivity index (χ0) is 31.3. The minimum Gasteiger partial charge on any atom is -0.451 e. The van der Waals surface area contributed by atoms with E-state index in [0.717, 1.165) is 12.5 Å². The third-order valence-electron chi connectivity index (χ3n) is 6.70. The highest BCUT2D eigenvalue weighted by Gasteiger charge is 2.30. The second-order valence-electron chi connectivity index (χ2n) is 11.3. The Morgan fingerprint density at radius 2 is 1.93 bits per heavy atom. The summed E-state index contributed by atoms with van der Waals surface area (Å²) in [5, 5.41) is 15.1. The summed E-state index contributed by atoms with van der Waals surface area (Å²) in [4.78, 5) is 31.7. The predicted molar refractivity (Wildman–Crippen MR) is 163 cm³/mol. The van der Waals surface area contributed by atoms with Gasteiger partial charge in [-0.15, -0.1) is 11.3 Å². The van der Waals surface area contributed by atoms with E-state index in [1.165, 1.54) is 23.7 Å². The van der Waals surface area contributed by atoms with Crippen LogP contribution in [0.3, 0.4) is 0 Å². The fourth-order valence-corrected chi connectivity index (χ4v) is 5.58.